The summed E-state index contributed by atoms with van der Waals surface area (Å²) in [7, 11) is 0. The molecule has 124 valence electrons. The summed E-state index contributed by atoms with van der Waals surface area (Å²) in [6, 6.07) is 12.0. The number of rotatable bonds is 7. The molecule has 0 saturated heterocycles. The summed E-state index contributed by atoms with van der Waals surface area (Å²) in [6.07, 6.45) is 3.54. The Labute approximate surface area is 146 Å². The molecule has 0 radical (unpaired) electrons. The van der Waals surface area contributed by atoms with Crippen molar-refractivity contribution < 1.29 is 4.74 Å². The zero-order valence-electron chi connectivity index (χ0n) is 13.8. The lowest BCUT2D eigenvalue weighted by Gasteiger charge is -2.08. The lowest BCUT2D eigenvalue weighted by atomic mass is 10.2. The van der Waals surface area contributed by atoms with Crippen molar-refractivity contribution in [3.05, 3.63) is 54.4 Å². The van der Waals surface area contributed by atoms with E-state index in [2.05, 4.69) is 39.7 Å². The molecular weight excluding hydrogens is 320 g/mol. The number of hydrogen-bond donors (Lipinski definition) is 0. The van der Waals surface area contributed by atoms with Gasteiger partial charge in [0.2, 0.25) is 0 Å². The molecule has 0 atom stereocenters. The second-order valence-corrected chi connectivity index (χ2v) is 6.36. The van der Waals surface area contributed by atoms with E-state index in [0.717, 1.165) is 34.6 Å². The van der Waals surface area contributed by atoms with Gasteiger partial charge < -0.3 is 9.30 Å². The van der Waals surface area contributed by atoms with Gasteiger partial charge in [0.1, 0.15) is 5.75 Å². The van der Waals surface area contributed by atoms with E-state index in [1.54, 1.807) is 24.2 Å². The van der Waals surface area contributed by atoms with Gasteiger partial charge in [-0.25, -0.2) is 0 Å². The van der Waals surface area contributed by atoms with Crippen LogP contribution in [0.25, 0.3) is 11.4 Å². The van der Waals surface area contributed by atoms with Gasteiger partial charge in [-0.1, -0.05) is 23.9 Å². The highest BCUT2D eigenvalue weighted by Gasteiger charge is 2.12. The molecular formula is C18H20N4OS. The molecule has 0 aliphatic rings. The number of benzene rings is 1. The molecule has 1 aromatic carbocycles. The van der Waals surface area contributed by atoms with E-state index in [-0.39, 0.29) is 0 Å². The highest BCUT2D eigenvalue weighted by Crippen LogP contribution is 2.23. The van der Waals surface area contributed by atoms with Gasteiger partial charge in [0.25, 0.3) is 0 Å². The standard InChI is InChI=1S/C18H20N4OS/c1-3-22-17(15-7-9-19-10-8-15)20-21-18(22)24-12-11-23-16-6-4-5-14(2)13-16/h4-10,13H,3,11-12H2,1-2H3. The molecule has 24 heavy (non-hydrogen) atoms. The largest absolute Gasteiger partial charge is 0.493 e. The van der Waals surface area contributed by atoms with E-state index in [1.165, 1.54) is 5.56 Å². The van der Waals surface area contributed by atoms with Crippen molar-refractivity contribution in [1.29, 1.82) is 0 Å². The van der Waals surface area contributed by atoms with Crippen molar-refractivity contribution >= 4 is 11.8 Å². The van der Waals surface area contributed by atoms with Crippen molar-refractivity contribution in [2.75, 3.05) is 12.4 Å². The summed E-state index contributed by atoms with van der Waals surface area (Å²) < 4.78 is 7.90. The van der Waals surface area contributed by atoms with Crippen LogP contribution >= 0.6 is 11.8 Å². The lowest BCUT2D eigenvalue weighted by Crippen LogP contribution is -2.03. The van der Waals surface area contributed by atoms with Crippen LogP contribution in [-0.4, -0.2) is 32.1 Å². The zero-order chi connectivity index (χ0) is 16.8. The van der Waals surface area contributed by atoms with Gasteiger partial charge in [0.15, 0.2) is 11.0 Å². The number of thioether (sulfide) groups is 1. The molecule has 0 aliphatic carbocycles. The summed E-state index contributed by atoms with van der Waals surface area (Å²) in [4.78, 5) is 4.05. The minimum absolute atomic E-state index is 0.634. The Kier molecular flexibility index (Phi) is 5.48. The van der Waals surface area contributed by atoms with Crippen LogP contribution in [0.4, 0.5) is 0 Å². The second kappa shape index (κ2) is 7.97. The quantitative estimate of drug-likeness (QED) is 0.483. The number of ether oxygens (including phenoxy) is 1. The highest BCUT2D eigenvalue weighted by molar-refractivity contribution is 7.99. The van der Waals surface area contributed by atoms with E-state index < -0.39 is 0 Å². The molecule has 0 saturated carbocycles. The topological polar surface area (TPSA) is 52.8 Å². The van der Waals surface area contributed by atoms with Gasteiger partial charge in [-0.15, -0.1) is 10.2 Å². The molecule has 0 aliphatic heterocycles. The number of aryl methyl sites for hydroxylation is 1. The van der Waals surface area contributed by atoms with Crippen LogP contribution in [0.1, 0.15) is 12.5 Å². The van der Waals surface area contributed by atoms with E-state index >= 15 is 0 Å². The molecule has 0 amide bonds. The van der Waals surface area contributed by atoms with Crippen LogP contribution in [0, 0.1) is 6.92 Å². The molecule has 0 unspecified atom stereocenters. The Balaban J connectivity index is 1.60. The second-order valence-electron chi connectivity index (χ2n) is 5.30. The average molecular weight is 340 g/mol. The summed E-state index contributed by atoms with van der Waals surface area (Å²) in [5, 5.41) is 9.57. The molecule has 2 aromatic heterocycles. The van der Waals surface area contributed by atoms with Crippen LogP contribution < -0.4 is 4.74 Å². The molecule has 6 heteroatoms. The van der Waals surface area contributed by atoms with Crippen LogP contribution in [-0.2, 0) is 6.54 Å². The molecule has 0 spiro atoms. The van der Waals surface area contributed by atoms with Gasteiger partial charge in [0, 0.05) is 30.3 Å². The first-order valence-electron chi connectivity index (χ1n) is 7.94. The maximum Gasteiger partial charge on any atom is 0.191 e. The number of hydrogen-bond acceptors (Lipinski definition) is 5. The minimum atomic E-state index is 0.634. The fraction of sp³-hybridized carbons (Fsp3) is 0.278. The predicted molar refractivity (Wildman–Crippen MR) is 96.3 cm³/mol. The average Bonchev–Trinajstić information content (AvgIpc) is 3.02. The van der Waals surface area contributed by atoms with Crippen molar-refractivity contribution in [3.8, 4) is 17.1 Å². The molecule has 0 bridgehead atoms. The van der Waals surface area contributed by atoms with Crippen molar-refractivity contribution in [3.63, 3.8) is 0 Å². The van der Waals surface area contributed by atoms with E-state index in [4.69, 9.17) is 4.74 Å². The maximum atomic E-state index is 5.79. The predicted octanol–water partition coefficient (Wildman–Crippen LogP) is 3.84. The zero-order valence-corrected chi connectivity index (χ0v) is 14.7. The van der Waals surface area contributed by atoms with Gasteiger partial charge in [-0.05, 0) is 43.7 Å². The van der Waals surface area contributed by atoms with Crippen LogP contribution in [0.15, 0.2) is 53.9 Å². The Morgan fingerprint density at radius 2 is 1.96 bits per heavy atom. The minimum Gasteiger partial charge on any atom is -0.493 e. The molecule has 3 rings (SSSR count). The Morgan fingerprint density at radius 3 is 2.71 bits per heavy atom. The molecule has 0 fully saturated rings. The normalized spacial score (nSPS) is 10.8. The number of pyridine rings is 1. The number of nitrogens with zero attached hydrogens (tertiary/aromatic N) is 4. The van der Waals surface area contributed by atoms with Crippen LogP contribution in [0.5, 0.6) is 5.75 Å². The van der Waals surface area contributed by atoms with Gasteiger partial charge in [-0.3, -0.25) is 4.98 Å². The van der Waals surface area contributed by atoms with Crippen LogP contribution in [0.2, 0.25) is 0 Å². The smallest absolute Gasteiger partial charge is 0.191 e. The summed E-state index contributed by atoms with van der Waals surface area (Å²) in [5.74, 6) is 2.61. The Bertz CT molecular complexity index is 789. The van der Waals surface area contributed by atoms with Gasteiger partial charge >= 0.3 is 0 Å². The molecule has 5 nitrogen and oxygen atoms in total. The lowest BCUT2D eigenvalue weighted by molar-refractivity contribution is 0.343. The monoisotopic (exact) mass is 340 g/mol. The SMILES string of the molecule is CCn1c(SCCOc2cccc(C)c2)nnc1-c1ccncc1. The Morgan fingerprint density at radius 1 is 1.12 bits per heavy atom. The molecule has 0 N–H and O–H groups in total. The Hall–Kier alpha value is -2.34. The highest BCUT2D eigenvalue weighted by atomic mass is 32.2. The summed E-state index contributed by atoms with van der Waals surface area (Å²) in [5.41, 5.74) is 2.23. The van der Waals surface area contributed by atoms with E-state index in [1.807, 2.05) is 30.3 Å². The fourth-order valence-electron chi connectivity index (χ4n) is 2.39. The third kappa shape index (κ3) is 3.94. The van der Waals surface area contributed by atoms with Crippen LogP contribution in [0.3, 0.4) is 0 Å². The third-order valence-corrected chi connectivity index (χ3v) is 4.48. The van der Waals surface area contributed by atoms with E-state index in [9.17, 15) is 0 Å². The van der Waals surface area contributed by atoms with E-state index in [0.29, 0.717) is 6.61 Å². The maximum absolute atomic E-state index is 5.79. The molecule has 3 aromatic rings. The van der Waals surface area contributed by atoms with Gasteiger partial charge in [0.05, 0.1) is 6.61 Å². The summed E-state index contributed by atoms with van der Waals surface area (Å²) >= 11 is 1.66. The number of aromatic nitrogens is 4. The van der Waals surface area contributed by atoms with Crippen molar-refractivity contribution in [2.24, 2.45) is 0 Å². The first kappa shape index (κ1) is 16.5. The van der Waals surface area contributed by atoms with Crippen molar-refractivity contribution in [1.82, 2.24) is 19.7 Å². The van der Waals surface area contributed by atoms with Crippen molar-refractivity contribution in [2.45, 2.75) is 25.5 Å². The first-order valence-corrected chi connectivity index (χ1v) is 8.92. The first-order chi connectivity index (χ1) is 11.8. The third-order valence-electron chi connectivity index (χ3n) is 3.54. The van der Waals surface area contributed by atoms with Gasteiger partial charge in [-0.2, -0.15) is 0 Å². The summed E-state index contributed by atoms with van der Waals surface area (Å²) in [6.45, 7) is 5.62. The molecule has 2 heterocycles. The fourth-order valence-corrected chi connectivity index (χ4v) is 3.21.